The number of aromatic nitrogens is 1. The van der Waals surface area contributed by atoms with E-state index in [9.17, 15) is 19.8 Å². The number of halogens is 2. The first-order chi connectivity index (χ1) is 13.0. The zero-order valence-electron chi connectivity index (χ0n) is 13.7. The Hall–Kier alpha value is -3.50. The molecular formula is C19H11ClFN3O3. The molecule has 8 heteroatoms. The van der Waals surface area contributed by atoms with Crippen molar-refractivity contribution >= 4 is 17.3 Å². The quantitative estimate of drug-likeness (QED) is 0.355. The number of pyridine rings is 1. The fourth-order valence-electron chi connectivity index (χ4n) is 2.47. The number of benzene rings is 2. The van der Waals surface area contributed by atoms with E-state index in [-0.39, 0.29) is 34.6 Å². The van der Waals surface area contributed by atoms with Gasteiger partial charge in [0.05, 0.1) is 10.5 Å². The maximum atomic E-state index is 13.0. The van der Waals surface area contributed by atoms with Crippen molar-refractivity contribution in [3.63, 3.8) is 0 Å². The van der Waals surface area contributed by atoms with Crippen LogP contribution >= 0.6 is 11.6 Å². The van der Waals surface area contributed by atoms with Gasteiger partial charge in [-0.1, -0.05) is 23.7 Å². The molecule has 0 saturated carbocycles. The van der Waals surface area contributed by atoms with Crippen LogP contribution in [-0.4, -0.2) is 9.91 Å². The molecule has 0 fully saturated rings. The van der Waals surface area contributed by atoms with Gasteiger partial charge in [-0.25, -0.2) is 9.37 Å². The van der Waals surface area contributed by atoms with Gasteiger partial charge in [-0.15, -0.1) is 0 Å². The summed E-state index contributed by atoms with van der Waals surface area (Å²) in [6, 6.07) is 13.5. The van der Waals surface area contributed by atoms with Crippen LogP contribution < -0.4 is 4.74 Å². The molecule has 0 radical (unpaired) electrons. The van der Waals surface area contributed by atoms with Gasteiger partial charge in [0, 0.05) is 17.8 Å². The molecule has 0 aliphatic carbocycles. The van der Waals surface area contributed by atoms with E-state index in [0.29, 0.717) is 16.7 Å². The van der Waals surface area contributed by atoms with Gasteiger partial charge in [0.2, 0.25) is 0 Å². The molecule has 0 spiro atoms. The molecule has 3 aromatic rings. The first kappa shape index (κ1) is 18.3. The lowest BCUT2D eigenvalue weighted by atomic mass is 10.0. The molecule has 0 unspecified atom stereocenters. The minimum absolute atomic E-state index is 0.0206. The van der Waals surface area contributed by atoms with Gasteiger partial charge in [-0.05, 0) is 41.5 Å². The van der Waals surface area contributed by atoms with Crippen molar-refractivity contribution in [1.29, 1.82) is 5.26 Å². The zero-order valence-corrected chi connectivity index (χ0v) is 14.5. The fraction of sp³-hybridized carbons (Fsp3) is 0.0526. The molecule has 0 bridgehead atoms. The number of nitro benzene ring substituents is 1. The minimum Gasteiger partial charge on any atom is -0.482 e. The molecule has 6 nitrogen and oxygen atoms in total. The van der Waals surface area contributed by atoms with Gasteiger partial charge < -0.3 is 4.74 Å². The maximum absolute atomic E-state index is 13.0. The number of ether oxygens (including phenoxy) is 1. The third-order valence-corrected chi connectivity index (χ3v) is 4.08. The van der Waals surface area contributed by atoms with Gasteiger partial charge in [-0.3, -0.25) is 10.1 Å². The second kappa shape index (κ2) is 7.81. The lowest BCUT2D eigenvalue weighted by Gasteiger charge is -2.10. The smallest absolute Gasteiger partial charge is 0.310 e. The molecule has 1 aromatic heterocycles. The molecule has 134 valence electrons. The number of hydrogen-bond donors (Lipinski definition) is 0. The number of nitriles is 1. The first-order valence-corrected chi connectivity index (χ1v) is 8.08. The Labute approximate surface area is 158 Å². The van der Waals surface area contributed by atoms with E-state index in [4.69, 9.17) is 16.3 Å². The van der Waals surface area contributed by atoms with E-state index >= 15 is 0 Å². The Bertz CT molecular complexity index is 1050. The van der Waals surface area contributed by atoms with Crippen LogP contribution in [-0.2, 0) is 6.61 Å². The Morgan fingerprint density at radius 2 is 1.96 bits per heavy atom. The Morgan fingerprint density at radius 1 is 1.22 bits per heavy atom. The highest BCUT2D eigenvalue weighted by atomic mass is 35.5. The van der Waals surface area contributed by atoms with Gasteiger partial charge in [0.1, 0.15) is 23.6 Å². The van der Waals surface area contributed by atoms with E-state index in [1.165, 1.54) is 48.7 Å². The number of nitrogens with zero attached hydrogens (tertiary/aromatic N) is 3. The van der Waals surface area contributed by atoms with Crippen molar-refractivity contribution < 1.29 is 14.1 Å². The average Bonchev–Trinajstić information content (AvgIpc) is 2.67. The molecule has 0 aliphatic rings. The molecular weight excluding hydrogens is 373 g/mol. The molecule has 0 amide bonds. The second-order valence-electron chi connectivity index (χ2n) is 5.49. The number of nitro groups is 1. The van der Waals surface area contributed by atoms with Crippen LogP contribution in [0.2, 0.25) is 5.15 Å². The van der Waals surface area contributed by atoms with Crippen LogP contribution in [0.15, 0.2) is 54.7 Å². The molecule has 0 atom stereocenters. The molecule has 27 heavy (non-hydrogen) atoms. The summed E-state index contributed by atoms with van der Waals surface area (Å²) in [6.45, 7) is 0.0206. The second-order valence-corrected chi connectivity index (χ2v) is 5.85. The SMILES string of the molecule is N#Cc1c(-c2ccc([N+](=O)[O-])c(OCc3ccc(F)cc3)c2)ccnc1Cl. The summed E-state index contributed by atoms with van der Waals surface area (Å²) in [5, 5.41) is 20.6. The van der Waals surface area contributed by atoms with Crippen molar-refractivity contribution in [2.24, 2.45) is 0 Å². The Morgan fingerprint density at radius 3 is 2.63 bits per heavy atom. The number of hydrogen-bond acceptors (Lipinski definition) is 5. The fourth-order valence-corrected chi connectivity index (χ4v) is 2.67. The highest BCUT2D eigenvalue weighted by Crippen LogP contribution is 2.35. The Balaban J connectivity index is 1.98. The van der Waals surface area contributed by atoms with Crippen LogP contribution in [0.5, 0.6) is 5.75 Å². The van der Waals surface area contributed by atoms with Gasteiger partial charge in [0.15, 0.2) is 5.75 Å². The summed E-state index contributed by atoms with van der Waals surface area (Å²) in [4.78, 5) is 14.6. The summed E-state index contributed by atoms with van der Waals surface area (Å²) in [5.41, 5.74) is 1.60. The maximum Gasteiger partial charge on any atom is 0.310 e. The van der Waals surface area contributed by atoms with Crippen LogP contribution in [0.4, 0.5) is 10.1 Å². The third-order valence-electron chi connectivity index (χ3n) is 3.79. The van der Waals surface area contributed by atoms with E-state index < -0.39 is 4.92 Å². The first-order valence-electron chi connectivity index (χ1n) is 7.70. The topological polar surface area (TPSA) is 89.0 Å². The molecule has 2 aromatic carbocycles. The van der Waals surface area contributed by atoms with Crippen LogP contribution in [0.3, 0.4) is 0 Å². The third kappa shape index (κ3) is 4.02. The van der Waals surface area contributed by atoms with Crippen molar-refractivity contribution in [2.45, 2.75) is 6.61 Å². The predicted molar refractivity (Wildman–Crippen MR) is 96.8 cm³/mol. The Kier molecular flexibility index (Phi) is 5.29. The predicted octanol–water partition coefficient (Wildman–Crippen LogP) is 4.90. The van der Waals surface area contributed by atoms with E-state index in [0.717, 1.165) is 0 Å². The van der Waals surface area contributed by atoms with Crippen molar-refractivity contribution in [1.82, 2.24) is 4.98 Å². The van der Waals surface area contributed by atoms with Crippen molar-refractivity contribution in [3.8, 4) is 22.9 Å². The minimum atomic E-state index is -0.561. The lowest BCUT2D eigenvalue weighted by Crippen LogP contribution is -2.00. The largest absolute Gasteiger partial charge is 0.482 e. The standard InChI is InChI=1S/C19H11ClFN3O3/c20-19-16(10-22)15(7-8-23-19)13-3-6-17(24(25)26)18(9-13)27-11-12-1-4-14(21)5-2-12/h1-9H,11H2. The summed E-state index contributed by atoms with van der Waals surface area (Å²) < 4.78 is 18.6. The van der Waals surface area contributed by atoms with E-state index in [1.54, 1.807) is 6.07 Å². The number of rotatable bonds is 5. The van der Waals surface area contributed by atoms with Crippen molar-refractivity contribution in [2.75, 3.05) is 0 Å². The molecule has 3 rings (SSSR count). The molecule has 1 heterocycles. The van der Waals surface area contributed by atoms with E-state index in [1.807, 2.05) is 6.07 Å². The normalized spacial score (nSPS) is 10.3. The van der Waals surface area contributed by atoms with Gasteiger partial charge >= 0.3 is 5.69 Å². The van der Waals surface area contributed by atoms with Crippen LogP contribution in [0, 0.1) is 27.3 Å². The summed E-state index contributed by atoms with van der Waals surface area (Å²) in [5.74, 6) is -0.357. The monoisotopic (exact) mass is 383 g/mol. The molecule has 0 saturated heterocycles. The summed E-state index contributed by atoms with van der Waals surface area (Å²) >= 11 is 5.95. The van der Waals surface area contributed by atoms with Gasteiger partial charge in [0.25, 0.3) is 0 Å². The molecule has 0 aliphatic heterocycles. The highest BCUT2D eigenvalue weighted by Gasteiger charge is 2.18. The highest BCUT2D eigenvalue weighted by molar-refractivity contribution is 6.31. The van der Waals surface area contributed by atoms with Gasteiger partial charge in [-0.2, -0.15) is 5.26 Å². The van der Waals surface area contributed by atoms with Crippen LogP contribution in [0.25, 0.3) is 11.1 Å². The van der Waals surface area contributed by atoms with Crippen LogP contribution in [0.1, 0.15) is 11.1 Å². The lowest BCUT2D eigenvalue weighted by molar-refractivity contribution is -0.385. The average molecular weight is 384 g/mol. The van der Waals surface area contributed by atoms with Crippen molar-refractivity contribution in [3.05, 3.63) is 86.9 Å². The summed E-state index contributed by atoms with van der Waals surface area (Å²) in [6.07, 6.45) is 1.44. The van der Waals surface area contributed by atoms with E-state index in [2.05, 4.69) is 4.98 Å². The summed E-state index contributed by atoms with van der Waals surface area (Å²) in [7, 11) is 0. The zero-order chi connectivity index (χ0) is 19.4. The molecule has 0 N–H and O–H groups in total.